The van der Waals surface area contributed by atoms with Crippen molar-refractivity contribution in [1.82, 2.24) is 0 Å². The number of thiophene rings is 1. The van der Waals surface area contributed by atoms with Crippen LogP contribution in [0.25, 0.3) is 53.2 Å². The van der Waals surface area contributed by atoms with Crippen molar-refractivity contribution >= 4 is 59.3 Å². The molecule has 0 saturated carbocycles. The molecule has 2 heteroatoms. The van der Waals surface area contributed by atoms with Gasteiger partial charge in [-0.1, -0.05) is 103 Å². The standard InChI is InChI=1S/C40H27NS/c1-3-10-28(11-4-1)30-12-9-13-31(24-30)29-18-21-35(22-19-29)41(34-14-5-2-6-15-34)36-23-20-32-26-38-37-16-7-8-17-39(37)42-40(38)27-33(32)25-36/h1-27H. The van der Waals surface area contributed by atoms with Gasteiger partial charge < -0.3 is 4.90 Å². The molecule has 0 aliphatic rings. The van der Waals surface area contributed by atoms with Crippen LogP contribution in [0.2, 0.25) is 0 Å². The molecule has 8 rings (SSSR count). The molecule has 0 fully saturated rings. The molecule has 0 amide bonds. The minimum absolute atomic E-state index is 1.13. The lowest BCUT2D eigenvalue weighted by atomic mass is 9.99. The number of rotatable bonds is 5. The van der Waals surface area contributed by atoms with Gasteiger partial charge in [0, 0.05) is 37.2 Å². The molecule has 198 valence electrons. The molecule has 0 aliphatic carbocycles. The van der Waals surface area contributed by atoms with E-state index < -0.39 is 0 Å². The average molecular weight is 554 g/mol. The molecule has 0 unspecified atom stereocenters. The third-order valence-electron chi connectivity index (χ3n) is 8.02. The lowest BCUT2D eigenvalue weighted by Crippen LogP contribution is -2.09. The fraction of sp³-hybridized carbons (Fsp3) is 0. The highest BCUT2D eigenvalue weighted by molar-refractivity contribution is 7.25. The molecule has 0 N–H and O–H groups in total. The zero-order valence-electron chi connectivity index (χ0n) is 22.9. The van der Waals surface area contributed by atoms with Gasteiger partial charge in [-0.05, 0) is 93.7 Å². The molecule has 42 heavy (non-hydrogen) atoms. The summed E-state index contributed by atoms with van der Waals surface area (Å²) in [5.41, 5.74) is 8.29. The van der Waals surface area contributed by atoms with Crippen LogP contribution in [-0.2, 0) is 0 Å². The molecule has 7 aromatic carbocycles. The summed E-state index contributed by atoms with van der Waals surface area (Å²) >= 11 is 1.87. The Morgan fingerprint density at radius 1 is 0.333 bits per heavy atom. The molecule has 1 heterocycles. The van der Waals surface area contributed by atoms with E-state index in [1.807, 2.05) is 11.3 Å². The fourth-order valence-corrected chi connectivity index (χ4v) is 7.07. The van der Waals surface area contributed by atoms with Gasteiger partial charge in [-0.15, -0.1) is 11.3 Å². The minimum Gasteiger partial charge on any atom is -0.310 e. The van der Waals surface area contributed by atoms with Crippen LogP contribution in [0.5, 0.6) is 0 Å². The molecule has 1 aromatic heterocycles. The van der Waals surface area contributed by atoms with Crippen LogP contribution < -0.4 is 4.90 Å². The van der Waals surface area contributed by atoms with Crippen molar-refractivity contribution in [1.29, 1.82) is 0 Å². The van der Waals surface area contributed by atoms with Crippen LogP contribution in [0.15, 0.2) is 164 Å². The smallest absolute Gasteiger partial charge is 0.0468 e. The first-order valence-corrected chi connectivity index (χ1v) is 15.1. The molecule has 0 saturated heterocycles. The summed E-state index contributed by atoms with van der Waals surface area (Å²) in [5.74, 6) is 0. The number of hydrogen-bond acceptors (Lipinski definition) is 2. The molecular weight excluding hydrogens is 527 g/mol. The van der Waals surface area contributed by atoms with E-state index in [1.54, 1.807) is 0 Å². The van der Waals surface area contributed by atoms with Gasteiger partial charge in [-0.25, -0.2) is 0 Å². The monoisotopic (exact) mass is 553 g/mol. The van der Waals surface area contributed by atoms with E-state index in [0.29, 0.717) is 0 Å². The summed E-state index contributed by atoms with van der Waals surface area (Å²) in [6.45, 7) is 0. The number of nitrogens with zero attached hydrogens (tertiary/aromatic N) is 1. The summed E-state index contributed by atoms with van der Waals surface area (Å²) in [5, 5.41) is 5.18. The van der Waals surface area contributed by atoms with Crippen molar-refractivity contribution in [3.8, 4) is 22.3 Å². The van der Waals surface area contributed by atoms with Gasteiger partial charge in [-0.3, -0.25) is 0 Å². The fourth-order valence-electron chi connectivity index (χ4n) is 5.93. The summed E-state index contributed by atoms with van der Waals surface area (Å²) in [4.78, 5) is 2.35. The number of fused-ring (bicyclic) bond motifs is 4. The highest BCUT2D eigenvalue weighted by Gasteiger charge is 2.14. The number of hydrogen-bond donors (Lipinski definition) is 0. The summed E-state index contributed by atoms with van der Waals surface area (Å²) in [6.07, 6.45) is 0. The summed E-state index contributed by atoms with van der Waals surface area (Å²) < 4.78 is 2.66. The molecule has 0 spiro atoms. The maximum absolute atomic E-state index is 2.35. The molecule has 0 aliphatic heterocycles. The Bertz CT molecular complexity index is 2180. The Morgan fingerprint density at radius 2 is 0.952 bits per heavy atom. The number of anilines is 3. The lowest BCUT2D eigenvalue weighted by molar-refractivity contribution is 1.29. The van der Waals surface area contributed by atoms with Crippen LogP contribution in [0.4, 0.5) is 17.1 Å². The van der Waals surface area contributed by atoms with Crippen molar-refractivity contribution in [2.75, 3.05) is 4.90 Å². The van der Waals surface area contributed by atoms with E-state index in [4.69, 9.17) is 0 Å². The molecule has 0 atom stereocenters. The lowest BCUT2D eigenvalue weighted by Gasteiger charge is -2.26. The van der Waals surface area contributed by atoms with E-state index in [2.05, 4.69) is 169 Å². The molecular formula is C40H27NS. The average Bonchev–Trinajstić information content (AvgIpc) is 3.42. The highest BCUT2D eigenvalue weighted by atomic mass is 32.1. The topological polar surface area (TPSA) is 3.24 Å². The summed E-state index contributed by atoms with van der Waals surface area (Å²) in [7, 11) is 0. The number of benzene rings is 7. The van der Waals surface area contributed by atoms with Crippen molar-refractivity contribution in [3.05, 3.63) is 164 Å². The van der Waals surface area contributed by atoms with E-state index in [9.17, 15) is 0 Å². The van der Waals surface area contributed by atoms with Crippen molar-refractivity contribution in [2.24, 2.45) is 0 Å². The second-order valence-electron chi connectivity index (χ2n) is 10.6. The Kier molecular flexibility index (Phi) is 6.05. The SMILES string of the molecule is c1ccc(-c2cccc(-c3ccc(N(c4ccccc4)c4ccc5cc6c(cc5c4)sc4ccccc46)cc3)c2)cc1. The second-order valence-corrected chi connectivity index (χ2v) is 11.7. The molecule has 1 nitrogen and oxygen atoms in total. The maximum atomic E-state index is 2.35. The van der Waals surface area contributed by atoms with Crippen molar-refractivity contribution < 1.29 is 0 Å². The van der Waals surface area contributed by atoms with Crippen LogP contribution >= 0.6 is 11.3 Å². The van der Waals surface area contributed by atoms with Gasteiger partial charge in [-0.2, -0.15) is 0 Å². The number of para-hydroxylation sites is 1. The predicted molar refractivity (Wildman–Crippen MR) is 182 cm³/mol. The molecule has 0 radical (unpaired) electrons. The normalized spacial score (nSPS) is 11.3. The Hall–Kier alpha value is -5.18. The zero-order chi connectivity index (χ0) is 27.9. The van der Waals surface area contributed by atoms with Gasteiger partial charge in [0.2, 0.25) is 0 Å². The first-order chi connectivity index (χ1) is 20.8. The first kappa shape index (κ1) is 24.6. The Balaban J connectivity index is 1.20. The first-order valence-electron chi connectivity index (χ1n) is 14.3. The summed E-state index contributed by atoms with van der Waals surface area (Å²) in [6, 6.07) is 59.1. The largest absolute Gasteiger partial charge is 0.310 e. The van der Waals surface area contributed by atoms with Gasteiger partial charge in [0.25, 0.3) is 0 Å². The van der Waals surface area contributed by atoms with Crippen LogP contribution in [-0.4, -0.2) is 0 Å². The zero-order valence-corrected chi connectivity index (χ0v) is 23.8. The highest BCUT2D eigenvalue weighted by Crippen LogP contribution is 2.40. The maximum Gasteiger partial charge on any atom is 0.0468 e. The van der Waals surface area contributed by atoms with Crippen LogP contribution in [0, 0.1) is 0 Å². The third-order valence-corrected chi connectivity index (χ3v) is 9.15. The quantitative estimate of drug-likeness (QED) is 0.205. The molecule has 8 aromatic rings. The minimum atomic E-state index is 1.13. The van der Waals surface area contributed by atoms with E-state index >= 15 is 0 Å². The van der Waals surface area contributed by atoms with Gasteiger partial charge in [0.05, 0.1) is 0 Å². The Morgan fingerprint density at radius 3 is 1.74 bits per heavy atom. The van der Waals surface area contributed by atoms with Gasteiger partial charge in [0.15, 0.2) is 0 Å². The van der Waals surface area contributed by atoms with Crippen LogP contribution in [0.1, 0.15) is 0 Å². The van der Waals surface area contributed by atoms with Gasteiger partial charge in [0.1, 0.15) is 0 Å². The predicted octanol–water partition coefficient (Wildman–Crippen LogP) is 12.0. The van der Waals surface area contributed by atoms with Crippen molar-refractivity contribution in [2.45, 2.75) is 0 Å². The van der Waals surface area contributed by atoms with Crippen molar-refractivity contribution in [3.63, 3.8) is 0 Å². The van der Waals surface area contributed by atoms with E-state index in [0.717, 1.165) is 17.1 Å². The van der Waals surface area contributed by atoms with Crippen LogP contribution in [0.3, 0.4) is 0 Å². The van der Waals surface area contributed by atoms with E-state index in [1.165, 1.54) is 53.2 Å². The Labute approximate surface area is 249 Å². The third kappa shape index (κ3) is 4.43. The molecule has 0 bridgehead atoms. The van der Waals surface area contributed by atoms with E-state index in [-0.39, 0.29) is 0 Å². The second kappa shape index (κ2) is 10.3. The van der Waals surface area contributed by atoms with Gasteiger partial charge >= 0.3 is 0 Å².